The minimum Gasteiger partial charge on any atom is -0.345 e. The van der Waals surface area contributed by atoms with Crippen molar-refractivity contribution in [2.45, 2.75) is 32.2 Å². The third-order valence-electron chi connectivity index (χ3n) is 7.40. The summed E-state index contributed by atoms with van der Waals surface area (Å²) < 4.78 is 3.39. The average molecular weight is 465 g/mol. The zero-order valence-corrected chi connectivity index (χ0v) is 19.5. The number of rotatable bonds is 3. The standard InChI is InChI=1S/C26H24N8O/c1-17-8-6-12-32(23-21-18(14-27)15-28-22(21)29-16-30-23)26(17,2)25-31-33-13-7-11-20(33)24(35)34(25)19-9-4-3-5-10-19/h3-5,7,9-11,13,15-17H,6,8,12H2,1-2H3,(H,28,29,30)/t17-,26?/m1/s1. The van der Waals surface area contributed by atoms with Gasteiger partial charge in [0, 0.05) is 18.9 Å². The molecule has 5 heterocycles. The van der Waals surface area contributed by atoms with Gasteiger partial charge in [-0.05, 0) is 49.9 Å². The zero-order valence-electron chi connectivity index (χ0n) is 19.5. The number of nitrogens with one attached hydrogen (secondary N) is 1. The Labute approximate surface area is 201 Å². The van der Waals surface area contributed by atoms with Crippen molar-refractivity contribution in [2.75, 3.05) is 11.4 Å². The summed E-state index contributed by atoms with van der Waals surface area (Å²) in [6.07, 6.45) is 6.91. The molecule has 0 aliphatic carbocycles. The van der Waals surface area contributed by atoms with Crippen LogP contribution >= 0.6 is 0 Å². The lowest BCUT2D eigenvalue weighted by Crippen LogP contribution is -2.55. The second kappa shape index (κ2) is 7.81. The first-order chi connectivity index (χ1) is 17.0. The summed E-state index contributed by atoms with van der Waals surface area (Å²) in [6.45, 7) is 5.02. The van der Waals surface area contributed by atoms with Crippen LogP contribution < -0.4 is 10.5 Å². The predicted octanol–water partition coefficient (Wildman–Crippen LogP) is 3.78. The van der Waals surface area contributed by atoms with E-state index >= 15 is 0 Å². The molecule has 1 N–H and O–H groups in total. The van der Waals surface area contributed by atoms with E-state index in [1.807, 2.05) is 36.4 Å². The van der Waals surface area contributed by atoms with E-state index in [4.69, 9.17) is 5.10 Å². The molecule has 1 aromatic carbocycles. The third kappa shape index (κ3) is 2.99. The van der Waals surface area contributed by atoms with E-state index in [1.165, 1.54) is 6.33 Å². The lowest BCUT2D eigenvalue weighted by Gasteiger charge is -2.49. The fourth-order valence-electron chi connectivity index (χ4n) is 5.37. The molecule has 1 saturated heterocycles. The fourth-order valence-corrected chi connectivity index (χ4v) is 5.37. The molecule has 1 aliphatic heterocycles. The highest BCUT2D eigenvalue weighted by Gasteiger charge is 2.47. The summed E-state index contributed by atoms with van der Waals surface area (Å²) >= 11 is 0. The van der Waals surface area contributed by atoms with Crippen molar-refractivity contribution >= 4 is 22.4 Å². The molecule has 1 fully saturated rings. The van der Waals surface area contributed by atoms with Gasteiger partial charge in [-0.1, -0.05) is 25.1 Å². The van der Waals surface area contributed by atoms with Crippen molar-refractivity contribution in [1.29, 1.82) is 5.26 Å². The van der Waals surface area contributed by atoms with Crippen LogP contribution in [-0.2, 0) is 5.54 Å². The molecule has 35 heavy (non-hydrogen) atoms. The number of hydrogen-bond donors (Lipinski definition) is 1. The highest BCUT2D eigenvalue weighted by atomic mass is 16.1. The SMILES string of the molecule is C[C@@H]1CCCN(c2ncnc3[nH]cc(C#N)c23)C1(C)c1nn2cccc2c(=O)n1-c1ccccc1. The number of nitriles is 1. The molecule has 2 atom stereocenters. The van der Waals surface area contributed by atoms with Crippen LogP contribution in [0.25, 0.3) is 22.2 Å². The maximum Gasteiger partial charge on any atom is 0.282 e. The maximum absolute atomic E-state index is 13.8. The molecule has 0 radical (unpaired) electrons. The monoisotopic (exact) mass is 464 g/mol. The second-order valence-corrected chi connectivity index (χ2v) is 9.22. The van der Waals surface area contributed by atoms with Crippen LogP contribution in [0.5, 0.6) is 0 Å². The molecule has 9 nitrogen and oxygen atoms in total. The summed E-state index contributed by atoms with van der Waals surface area (Å²) in [5.74, 6) is 1.44. The summed E-state index contributed by atoms with van der Waals surface area (Å²) in [7, 11) is 0. The first-order valence-corrected chi connectivity index (χ1v) is 11.7. The van der Waals surface area contributed by atoms with Gasteiger partial charge in [0.25, 0.3) is 5.56 Å². The van der Waals surface area contributed by atoms with Gasteiger partial charge in [-0.3, -0.25) is 9.36 Å². The van der Waals surface area contributed by atoms with Gasteiger partial charge in [0.1, 0.15) is 34.9 Å². The summed E-state index contributed by atoms with van der Waals surface area (Å²) in [5, 5.41) is 15.5. The summed E-state index contributed by atoms with van der Waals surface area (Å²) in [4.78, 5) is 28.1. The van der Waals surface area contributed by atoms with Crippen LogP contribution in [0.2, 0.25) is 0 Å². The third-order valence-corrected chi connectivity index (χ3v) is 7.40. The quantitative estimate of drug-likeness (QED) is 0.435. The van der Waals surface area contributed by atoms with Gasteiger partial charge in [-0.25, -0.2) is 14.5 Å². The van der Waals surface area contributed by atoms with Crippen molar-refractivity contribution in [1.82, 2.24) is 29.1 Å². The first-order valence-electron chi connectivity index (χ1n) is 11.7. The number of fused-ring (bicyclic) bond motifs is 2. The van der Waals surface area contributed by atoms with Gasteiger partial charge in [-0.2, -0.15) is 10.4 Å². The molecule has 1 aliphatic rings. The molecular weight excluding hydrogens is 440 g/mol. The van der Waals surface area contributed by atoms with Crippen LogP contribution in [0.15, 0.2) is 66.0 Å². The number of benzene rings is 1. The van der Waals surface area contributed by atoms with Crippen molar-refractivity contribution in [3.8, 4) is 11.8 Å². The number of H-pyrrole nitrogens is 1. The number of hydrogen-bond acceptors (Lipinski definition) is 6. The Hall–Kier alpha value is -4.45. The molecule has 0 bridgehead atoms. The average Bonchev–Trinajstić information content (AvgIpc) is 3.53. The van der Waals surface area contributed by atoms with Gasteiger partial charge in [0.15, 0.2) is 5.82 Å². The van der Waals surface area contributed by atoms with Gasteiger partial charge in [0.2, 0.25) is 0 Å². The molecule has 5 aromatic rings. The van der Waals surface area contributed by atoms with E-state index in [2.05, 4.69) is 39.8 Å². The van der Waals surface area contributed by atoms with E-state index in [0.29, 0.717) is 40.3 Å². The van der Waals surface area contributed by atoms with Gasteiger partial charge < -0.3 is 9.88 Å². The lowest BCUT2D eigenvalue weighted by molar-refractivity contribution is 0.218. The second-order valence-electron chi connectivity index (χ2n) is 9.22. The van der Waals surface area contributed by atoms with Crippen molar-refractivity contribution < 1.29 is 0 Å². The molecule has 0 amide bonds. The Morgan fingerprint density at radius 2 is 2.00 bits per heavy atom. The summed E-state index contributed by atoms with van der Waals surface area (Å²) in [6, 6.07) is 15.5. The molecule has 174 valence electrons. The normalized spacial score (nSPS) is 20.4. The molecule has 1 unspecified atom stereocenters. The summed E-state index contributed by atoms with van der Waals surface area (Å²) in [5.41, 5.74) is 1.55. The highest BCUT2D eigenvalue weighted by molar-refractivity contribution is 5.93. The smallest absolute Gasteiger partial charge is 0.282 e. The van der Waals surface area contributed by atoms with Crippen molar-refractivity contribution in [2.24, 2.45) is 5.92 Å². The molecule has 0 spiro atoms. The number of para-hydroxylation sites is 1. The van der Waals surface area contributed by atoms with E-state index < -0.39 is 5.54 Å². The Kier molecular flexibility index (Phi) is 4.71. The van der Waals surface area contributed by atoms with Crippen molar-refractivity contribution in [3.05, 3.63) is 82.9 Å². The number of aromatic nitrogens is 6. The van der Waals surface area contributed by atoms with Crippen molar-refractivity contribution in [3.63, 3.8) is 0 Å². The Balaban J connectivity index is 1.68. The van der Waals surface area contributed by atoms with Gasteiger partial charge in [-0.15, -0.1) is 0 Å². The van der Waals surface area contributed by atoms with E-state index in [1.54, 1.807) is 27.5 Å². The fraction of sp³-hybridized carbons (Fsp3) is 0.269. The lowest BCUT2D eigenvalue weighted by atomic mass is 9.77. The van der Waals surface area contributed by atoms with E-state index in [0.717, 1.165) is 18.5 Å². The highest BCUT2D eigenvalue weighted by Crippen LogP contribution is 2.45. The van der Waals surface area contributed by atoms with Crippen LogP contribution in [0, 0.1) is 17.2 Å². The molecule has 4 aromatic heterocycles. The van der Waals surface area contributed by atoms with Crippen LogP contribution in [0.4, 0.5) is 5.82 Å². The molecule has 9 heteroatoms. The number of piperidine rings is 1. The zero-order chi connectivity index (χ0) is 24.2. The number of aromatic amines is 1. The van der Waals surface area contributed by atoms with E-state index in [-0.39, 0.29) is 11.5 Å². The number of anilines is 1. The topological polar surface area (TPSA) is 108 Å². The predicted molar refractivity (Wildman–Crippen MR) is 132 cm³/mol. The minimum absolute atomic E-state index is 0.127. The largest absolute Gasteiger partial charge is 0.345 e. The van der Waals surface area contributed by atoms with Crippen LogP contribution in [0.3, 0.4) is 0 Å². The number of nitrogens with zero attached hydrogens (tertiary/aromatic N) is 7. The molecule has 6 rings (SSSR count). The van der Waals surface area contributed by atoms with E-state index in [9.17, 15) is 10.1 Å². The Morgan fingerprint density at radius 1 is 1.17 bits per heavy atom. The minimum atomic E-state index is -0.697. The van der Waals surface area contributed by atoms with Crippen LogP contribution in [-0.4, -0.2) is 35.7 Å². The van der Waals surface area contributed by atoms with Gasteiger partial charge in [0.05, 0.1) is 16.6 Å². The maximum atomic E-state index is 13.8. The Morgan fingerprint density at radius 3 is 2.80 bits per heavy atom. The molecule has 0 saturated carbocycles. The van der Waals surface area contributed by atoms with Gasteiger partial charge >= 0.3 is 0 Å². The molecular formula is C26H24N8O. The Bertz CT molecular complexity index is 1660. The first kappa shape index (κ1) is 21.1. The van der Waals surface area contributed by atoms with Crippen LogP contribution in [0.1, 0.15) is 38.1 Å².